The summed E-state index contributed by atoms with van der Waals surface area (Å²) in [7, 11) is 0. The van der Waals surface area contributed by atoms with Gasteiger partial charge in [-0.3, -0.25) is 0 Å². The van der Waals surface area contributed by atoms with Gasteiger partial charge in [0, 0.05) is 30.5 Å². The fraction of sp³-hybridized carbons (Fsp3) is 0.400. The average Bonchev–Trinajstić information content (AvgIpc) is 2.57. The highest BCUT2D eigenvalue weighted by atomic mass is 16.5. The van der Waals surface area contributed by atoms with Crippen molar-refractivity contribution in [2.45, 2.75) is 33.4 Å². The highest BCUT2D eigenvalue weighted by Crippen LogP contribution is 2.22. The molecule has 0 saturated heterocycles. The van der Waals surface area contributed by atoms with Gasteiger partial charge in [0.05, 0.1) is 12.7 Å². The van der Waals surface area contributed by atoms with Gasteiger partial charge in [0.1, 0.15) is 18.1 Å². The van der Waals surface area contributed by atoms with E-state index >= 15 is 0 Å². The molecule has 0 amide bonds. The van der Waals surface area contributed by atoms with E-state index in [0.29, 0.717) is 26.4 Å². The summed E-state index contributed by atoms with van der Waals surface area (Å²) in [6, 6.07) is 16.1. The van der Waals surface area contributed by atoms with Crippen LogP contribution < -0.4 is 14.8 Å². The van der Waals surface area contributed by atoms with E-state index in [0.717, 1.165) is 22.7 Å². The van der Waals surface area contributed by atoms with Crippen LogP contribution in [0.5, 0.6) is 11.5 Å². The Morgan fingerprint density at radius 3 is 2.62 bits per heavy atom. The van der Waals surface area contributed by atoms with Crippen LogP contribution in [0.1, 0.15) is 26.3 Å². The largest absolute Gasteiger partial charge is 0.491 e. The SMILES string of the molecule is CCOCCOc1ccccc1CNc1cccc(OC(C)C)c1. The lowest BCUT2D eigenvalue weighted by molar-refractivity contribution is 0.110. The number of hydrogen-bond acceptors (Lipinski definition) is 4. The Bertz CT molecular complexity index is 613. The molecule has 4 nitrogen and oxygen atoms in total. The van der Waals surface area contributed by atoms with Crippen molar-refractivity contribution in [3.63, 3.8) is 0 Å². The maximum absolute atomic E-state index is 5.81. The summed E-state index contributed by atoms with van der Waals surface area (Å²) in [6.07, 6.45) is 0.166. The summed E-state index contributed by atoms with van der Waals surface area (Å²) in [5.74, 6) is 1.76. The van der Waals surface area contributed by atoms with Gasteiger partial charge >= 0.3 is 0 Å². The number of rotatable bonds is 10. The molecule has 0 aromatic heterocycles. The van der Waals surface area contributed by atoms with E-state index in [9.17, 15) is 0 Å². The van der Waals surface area contributed by atoms with Gasteiger partial charge in [-0.1, -0.05) is 24.3 Å². The summed E-state index contributed by atoms with van der Waals surface area (Å²) >= 11 is 0. The van der Waals surface area contributed by atoms with Gasteiger partial charge in [-0.05, 0) is 39.0 Å². The number of nitrogens with one attached hydrogen (secondary N) is 1. The first-order chi connectivity index (χ1) is 11.7. The number of benzene rings is 2. The molecule has 2 aromatic carbocycles. The molecular formula is C20H27NO3. The molecule has 0 heterocycles. The molecule has 0 bridgehead atoms. The molecule has 24 heavy (non-hydrogen) atoms. The predicted molar refractivity (Wildman–Crippen MR) is 98.0 cm³/mol. The fourth-order valence-corrected chi connectivity index (χ4v) is 2.29. The van der Waals surface area contributed by atoms with Crippen LogP contribution in [0.3, 0.4) is 0 Å². The van der Waals surface area contributed by atoms with E-state index in [1.165, 1.54) is 0 Å². The second kappa shape index (κ2) is 9.83. The van der Waals surface area contributed by atoms with E-state index in [4.69, 9.17) is 14.2 Å². The Morgan fingerprint density at radius 1 is 1.00 bits per heavy atom. The molecule has 2 aromatic rings. The van der Waals surface area contributed by atoms with Gasteiger partial charge in [-0.25, -0.2) is 0 Å². The highest BCUT2D eigenvalue weighted by Gasteiger charge is 2.04. The molecule has 0 fully saturated rings. The minimum absolute atomic E-state index is 0.166. The van der Waals surface area contributed by atoms with E-state index in [-0.39, 0.29) is 6.10 Å². The quantitative estimate of drug-likeness (QED) is 0.651. The Morgan fingerprint density at radius 2 is 1.83 bits per heavy atom. The predicted octanol–water partition coefficient (Wildman–Crippen LogP) is 4.50. The molecule has 1 N–H and O–H groups in total. The third-order valence-electron chi connectivity index (χ3n) is 3.35. The van der Waals surface area contributed by atoms with Crippen molar-refractivity contribution in [2.75, 3.05) is 25.1 Å². The van der Waals surface area contributed by atoms with Crippen molar-refractivity contribution >= 4 is 5.69 Å². The van der Waals surface area contributed by atoms with Gasteiger partial charge in [-0.2, -0.15) is 0 Å². The number of anilines is 1. The molecule has 4 heteroatoms. The second-order valence-electron chi connectivity index (χ2n) is 5.70. The van der Waals surface area contributed by atoms with Crippen molar-refractivity contribution in [2.24, 2.45) is 0 Å². The molecule has 130 valence electrons. The standard InChI is InChI=1S/C20H27NO3/c1-4-22-12-13-23-20-11-6-5-8-17(20)15-21-18-9-7-10-19(14-18)24-16(2)3/h5-11,14,16,21H,4,12-13,15H2,1-3H3. The van der Waals surface area contributed by atoms with E-state index in [2.05, 4.69) is 11.4 Å². The lowest BCUT2D eigenvalue weighted by Gasteiger charge is -2.14. The molecular weight excluding hydrogens is 302 g/mol. The zero-order valence-corrected chi connectivity index (χ0v) is 14.7. The number of ether oxygens (including phenoxy) is 3. The van der Waals surface area contributed by atoms with Gasteiger partial charge in [-0.15, -0.1) is 0 Å². The van der Waals surface area contributed by atoms with Crippen LogP contribution in [-0.2, 0) is 11.3 Å². The van der Waals surface area contributed by atoms with Crippen LogP contribution in [0.25, 0.3) is 0 Å². The van der Waals surface area contributed by atoms with Gasteiger partial charge in [0.25, 0.3) is 0 Å². The maximum Gasteiger partial charge on any atom is 0.124 e. The molecule has 0 aliphatic carbocycles. The molecule has 0 aliphatic rings. The third kappa shape index (κ3) is 6.13. The van der Waals surface area contributed by atoms with Crippen LogP contribution in [-0.4, -0.2) is 25.9 Å². The van der Waals surface area contributed by atoms with Crippen molar-refractivity contribution < 1.29 is 14.2 Å². The smallest absolute Gasteiger partial charge is 0.124 e. The molecule has 0 saturated carbocycles. The number of para-hydroxylation sites is 1. The average molecular weight is 329 g/mol. The first kappa shape index (κ1) is 18.1. The molecule has 0 unspecified atom stereocenters. The summed E-state index contributed by atoms with van der Waals surface area (Å²) in [5, 5.41) is 3.43. The van der Waals surface area contributed by atoms with Crippen LogP contribution >= 0.6 is 0 Å². The second-order valence-corrected chi connectivity index (χ2v) is 5.70. The molecule has 0 radical (unpaired) electrons. The van der Waals surface area contributed by atoms with Gasteiger partial charge < -0.3 is 19.5 Å². The normalized spacial score (nSPS) is 10.7. The zero-order chi connectivity index (χ0) is 17.2. The van der Waals surface area contributed by atoms with Crippen molar-refractivity contribution in [1.82, 2.24) is 0 Å². The van der Waals surface area contributed by atoms with Crippen LogP contribution in [0.15, 0.2) is 48.5 Å². The van der Waals surface area contributed by atoms with Crippen LogP contribution in [0, 0.1) is 0 Å². The first-order valence-corrected chi connectivity index (χ1v) is 8.48. The fourth-order valence-electron chi connectivity index (χ4n) is 2.29. The van der Waals surface area contributed by atoms with E-state index in [1.807, 2.05) is 63.2 Å². The van der Waals surface area contributed by atoms with Crippen LogP contribution in [0.2, 0.25) is 0 Å². The van der Waals surface area contributed by atoms with Gasteiger partial charge in [0.2, 0.25) is 0 Å². The zero-order valence-electron chi connectivity index (χ0n) is 14.7. The summed E-state index contributed by atoms with van der Waals surface area (Å²) in [6.45, 7) is 8.59. The molecule has 0 aliphatic heterocycles. The summed E-state index contributed by atoms with van der Waals surface area (Å²) in [4.78, 5) is 0. The highest BCUT2D eigenvalue weighted by molar-refractivity contribution is 5.49. The molecule has 0 spiro atoms. The first-order valence-electron chi connectivity index (χ1n) is 8.48. The third-order valence-corrected chi connectivity index (χ3v) is 3.35. The molecule has 0 atom stereocenters. The van der Waals surface area contributed by atoms with E-state index < -0.39 is 0 Å². The van der Waals surface area contributed by atoms with Crippen molar-refractivity contribution in [1.29, 1.82) is 0 Å². The summed E-state index contributed by atoms with van der Waals surface area (Å²) < 4.78 is 16.9. The monoisotopic (exact) mass is 329 g/mol. The van der Waals surface area contributed by atoms with Gasteiger partial charge in [0.15, 0.2) is 0 Å². The minimum Gasteiger partial charge on any atom is -0.491 e. The van der Waals surface area contributed by atoms with E-state index in [1.54, 1.807) is 0 Å². The minimum atomic E-state index is 0.166. The molecule has 2 rings (SSSR count). The topological polar surface area (TPSA) is 39.7 Å². The lowest BCUT2D eigenvalue weighted by atomic mass is 10.2. The van der Waals surface area contributed by atoms with Crippen molar-refractivity contribution in [3.8, 4) is 11.5 Å². The Kier molecular flexibility index (Phi) is 7.43. The van der Waals surface area contributed by atoms with Crippen molar-refractivity contribution in [3.05, 3.63) is 54.1 Å². The van der Waals surface area contributed by atoms with Crippen LogP contribution in [0.4, 0.5) is 5.69 Å². The maximum atomic E-state index is 5.81. The Balaban J connectivity index is 1.94. The lowest BCUT2D eigenvalue weighted by Crippen LogP contribution is -2.09. The Hall–Kier alpha value is -2.20. The Labute approximate surface area is 144 Å². The number of hydrogen-bond donors (Lipinski definition) is 1. The summed E-state index contributed by atoms with van der Waals surface area (Å²) in [5.41, 5.74) is 2.14.